The first-order valence-corrected chi connectivity index (χ1v) is 22.6. The zero-order valence-corrected chi connectivity index (χ0v) is 33.2. The van der Waals surface area contributed by atoms with Gasteiger partial charge in [0.05, 0.1) is 19.8 Å². The van der Waals surface area contributed by atoms with Crippen molar-refractivity contribution in [2.75, 3.05) is 39.5 Å². The number of hydrogen-bond donors (Lipinski definition) is 0. The van der Waals surface area contributed by atoms with Crippen LogP contribution in [-0.4, -0.2) is 44.4 Å². The second-order valence-electron chi connectivity index (χ2n) is 20.0. The van der Waals surface area contributed by atoms with Crippen LogP contribution in [0.15, 0.2) is 72.8 Å². The van der Waals surface area contributed by atoms with E-state index in [1.807, 2.05) is 0 Å². The molecule has 1 spiro atoms. The van der Waals surface area contributed by atoms with Gasteiger partial charge >= 0.3 is 0 Å². The Kier molecular flexibility index (Phi) is 4.31. The summed E-state index contributed by atoms with van der Waals surface area (Å²) in [6.07, 6.45) is 3.29. The number of rotatable bonds is 8. The summed E-state index contributed by atoms with van der Waals surface area (Å²) in [4.78, 5) is 2.90. The summed E-state index contributed by atoms with van der Waals surface area (Å²) in [6, 6.07) is 29.7. The summed E-state index contributed by atoms with van der Waals surface area (Å²) < 4.78 is 12.1. The maximum absolute atomic E-state index is 6.42. The molecule has 14 aromatic carbocycles. The Morgan fingerprint density at radius 1 is 0.550 bits per heavy atom. The lowest BCUT2D eigenvalue weighted by Crippen LogP contribution is -2.44. The average molecular weight is 766 g/mol. The fourth-order valence-corrected chi connectivity index (χ4v) is 16.8. The molecule has 0 radical (unpaired) electrons. The highest BCUT2D eigenvalue weighted by Crippen LogP contribution is 2.70. The van der Waals surface area contributed by atoms with E-state index in [0.29, 0.717) is 25.7 Å². The standard InChI is InChI=1S/C57H35NO2/c1-2-59-12-13-60-11-10-58-22-34-33-20-29-18-26-16-27-15-24-14-25-17-28-19-30-21-57(34,56(58)32-9-5-7-23-6-3-4-8-31(23)32)55-41(30)46-40(28)45-36(25)35(24)43-39(27)44-37(26)38(29)47-42(33)54(55)53-51(46)49(45)48(43)50(44)52(47)53/h3-9,14-17,19,34,56H,2,10-13,18,20-22H2,1H3. The number of ether oxygens (including phenoxy) is 2. The normalized spacial score (nSPS) is 22.6. The maximum Gasteiger partial charge on any atom is 0.0701 e. The van der Waals surface area contributed by atoms with Gasteiger partial charge in [0.2, 0.25) is 0 Å². The van der Waals surface area contributed by atoms with Crippen molar-refractivity contribution in [2.24, 2.45) is 5.92 Å². The highest BCUT2D eigenvalue weighted by atomic mass is 16.5. The van der Waals surface area contributed by atoms with Crippen molar-refractivity contribution in [1.82, 2.24) is 4.90 Å². The van der Waals surface area contributed by atoms with Gasteiger partial charge < -0.3 is 9.47 Å². The first kappa shape index (κ1) is 29.4. The molecule has 3 heteroatoms. The number of hydrogen-bond acceptors (Lipinski definition) is 3. The molecule has 280 valence electrons. The SMILES string of the molecule is CCOCCOCCN1CC2C3=c4c5c6c7c(cc8cc9cc%10cc%11cc%12c%13c(c4c4c5c5c7c8c7c9c%10c8c%11c%13c4c8c75)=C(C3)C%12)CC62C1c1cccc2ccccc12. The molecule has 0 amide bonds. The molecule has 0 saturated carbocycles. The summed E-state index contributed by atoms with van der Waals surface area (Å²) in [7, 11) is 0. The predicted molar refractivity (Wildman–Crippen MR) is 249 cm³/mol. The van der Waals surface area contributed by atoms with E-state index in [9.17, 15) is 0 Å². The third-order valence-electron chi connectivity index (χ3n) is 18.1. The van der Waals surface area contributed by atoms with Crippen molar-refractivity contribution < 1.29 is 9.47 Å². The van der Waals surface area contributed by atoms with E-state index in [4.69, 9.17) is 9.47 Å². The van der Waals surface area contributed by atoms with E-state index in [2.05, 4.69) is 84.6 Å². The van der Waals surface area contributed by atoms with Gasteiger partial charge in [-0.05, 0) is 206 Å². The molecular formula is C57H35NO2. The molecule has 0 N–H and O–H groups in total. The molecular weight excluding hydrogens is 731 g/mol. The third kappa shape index (κ3) is 2.58. The van der Waals surface area contributed by atoms with E-state index in [0.717, 1.165) is 39.0 Å². The zero-order valence-electron chi connectivity index (χ0n) is 33.2. The Morgan fingerprint density at radius 2 is 1.18 bits per heavy atom. The largest absolute Gasteiger partial charge is 0.379 e. The number of likely N-dealkylation sites (tertiary alicyclic amines) is 1. The van der Waals surface area contributed by atoms with Crippen LogP contribution in [0.2, 0.25) is 0 Å². The first-order valence-electron chi connectivity index (χ1n) is 22.6. The summed E-state index contributed by atoms with van der Waals surface area (Å²) in [5.74, 6) is 0.418. The summed E-state index contributed by atoms with van der Waals surface area (Å²) >= 11 is 0. The minimum absolute atomic E-state index is 0.0884. The molecule has 19 rings (SSSR count). The molecule has 3 nitrogen and oxygen atoms in total. The Morgan fingerprint density at radius 3 is 1.98 bits per heavy atom. The fraction of sp³-hybridized carbons (Fsp3) is 0.228. The minimum atomic E-state index is -0.0884. The summed E-state index contributed by atoms with van der Waals surface area (Å²) in [5.41, 5.74) is 9.78. The lowest BCUT2D eigenvalue weighted by Gasteiger charge is -2.43. The molecule has 5 aliphatic rings. The molecule has 1 aliphatic heterocycles. The maximum atomic E-state index is 6.42. The smallest absolute Gasteiger partial charge is 0.0701 e. The molecule has 14 aromatic rings. The zero-order chi connectivity index (χ0) is 38.0. The summed E-state index contributed by atoms with van der Waals surface area (Å²) in [6.45, 7) is 6.80. The summed E-state index contributed by atoms with van der Waals surface area (Å²) in [5, 5.41) is 40.7. The van der Waals surface area contributed by atoms with E-state index in [-0.39, 0.29) is 11.5 Å². The highest BCUT2D eigenvalue weighted by molar-refractivity contribution is 6.63. The average Bonchev–Trinajstić information content (AvgIpc) is 4.12. The molecule has 1 heterocycles. The van der Waals surface area contributed by atoms with Crippen LogP contribution >= 0.6 is 0 Å². The van der Waals surface area contributed by atoms with Crippen molar-refractivity contribution in [1.29, 1.82) is 0 Å². The van der Waals surface area contributed by atoms with Gasteiger partial charge in [-0.1, -0.05) is 65.7 Å². The van der Waals surface area contributed by atoms with Crippen molar-refractivity contribution in [2.45, 2.75) is 37.6 Å². The predicted octanol–water partition coefficient (Wildman–Crippen LogP) is 11.3. The van der Waals surface area contributed by atoms with Gasteiger partial charge in [-0.3, -0.25) is 4.90 Å². The van der Waals surface area contributed by atoms with Crippen molar-refractivity contribution in [3.05, 3.63) is 105 Å². The van der Waals surface area contributed by atoms with Crippen LogP contribution in [0.5, 0.6) is 0 Å². The van der Waals surface area contributed by atoms with E-state index in [1.165, 1.54) is 43.3 Å². The van der Waals surface area contributed by atoms with Gasteiger partial charge in [0.25, 0.3) is 0 Å². The van der Waals surface area contributed by atoms with Gasteiger partial charge in [-0.25, -0.2) is 0 Å². The highest BCUT2D eigenvalue weighted by Gasteiger charge is 2.62. The molecule has 1 saturated heterocycles. The third-order valence-corrected chi connectivity index (χ3v) is 18.1. The van der Waals surface area contributed by atoms with Gasteiger partial charge in [-0.15, -0.1) is 0 Å². The first-order chi connectivity index (χ1) is 29.7. The Balaban J connectivity index is 1.05. The van der Waals surface area contributed by atoms with Crippen molar-refractivity contribution in [3.63, 3.8) is 0 Å². The van der Waals surface area contributed by atoms with Crippen LogP contribution in [0, 0.1) is 5.92 Å². The van der Waals surface area contributed by atoms with Crippen LogP contribution < -0.4 is 10.4 Å². The molecule has 60 heavy (non-hydrogen) atoms. The van der Waals surface area contributed by atoms with E-state index < -0.39 is 0 Å². The number of fused-ring (bicyclic) bond motifs is 2. The molecule has 0 aromatic heterocycles. The van der Waals surface area contributed by atoms with Crippen LogP contribution in [0.25, 0.3) is 140 Å². The van der Waals surface area contributed by atoms with Crippen LogP contribution in [0.3, 0.4) is 0 Å². The lowest BCUT2D eigenvalue weighted by atomic mass is 9.59. The minimum Gasteiger partial charge on any atom is -0.379 e. The van der Waals surface area contributed by atoms with Crippen molar-refractivity contribution >= 4 is 140 Å². The lowest BCUT2D eigenvalue weighted by molar-refractivity contribution is 0.0394. The molecule has 4 aliphatic carbocycles. The number of benzene rings is 10. The quantitative estimate of drug-likeness (QED) is 0.114. The van der Waals surface area contributed by atoms with Crippen LogP contribution in [0.1, 0.15) is 41.6 Å². The molecule has 3 unspecified atom stereocenters. The second-order valence-corrected chi connectivity index (χ2v) is 20.0. The van der Waals surface area contributed by atoms with Gasteiger partial charge in [-0.2, -0.15) is 0 Å². The Hall–Kier alpha value is -5.84. The molecule has 0 bridgehead atoms. The van der Waals surface area contributed by atoms with Crippen molar-refractivity contribution in [3.8, 4) is 0 Å². The van der Waals surface area contributed by atoms with E-state index in [1.54, 1.807) is 130 Å². The topological polar surface area (TPSA) is 21.7 Å². The van der Waals surface area contributed by atoms with E-state index >= 15 is 0 Å². The molecule has 3 atom stereocenters. The fourth-order valence-electron chi connectivity index (χ4n) is 16.8. The Labute approximate surface area is 342 Å². The Bertz CT molecular complexity index is 4420. The van der Waals surface area contributed by atoms with Gasteiger partial charge in [0.15, 0.2) is 0 Å². The van der Waals surface area contributed by atoms with Gasteiger partial charge in [0, 0.05) is 37.1 Å². The second kappa shape index (κ2) is 8.81. The van der Waals surface area contributed by atoms with Gasteiger partial charge in [0.1, 0.15) is 0 Å². The monoisotopic (exact) mass is 765 g/mol. The molecule has 1 fully saturated rings. The van der Waals surface area contributed by atoms with Crippen LogP contribution in [-0.2, 0) is 27.7 Å². The number of nitrogens with zero attached hydrogens (tertiary/aromatic N) is 1. The van der Waals surface area contributed by atoms with Crippen LogP contribution in [0.4, 0.5) is 0 Å².